The van der Waals surface area contributed by atoms with Crippen molar-refractivity contribution in [3.63, 3.8) is 0 Å². The Kier molecular flexibility index (Phi) is 12.5. The standard InChI is InChI=1S/C22H32BrNO3/c1-2-3-4-5-6-7-8-9-10-11-12-18(22(26)27)17-21(25)24-20-15-13-19(23)14-16-20/h10-11,13-16,18H,2-9,12,17H2,1H3,(H,24,25)(H,26,27)/b11-10-. The van der Waals surface area contributed by atoms with Crippen molar-refractivity contribution in [3.05, 3.63) is 40.9 Å². The van der Waals surface area contributed by atoms with E-state index < -0.39 is 11.9 Å². The van der Waals surface area contributed by atoms with Gasteiger partial charge in [0.25, 0.3) is 0 Å². The molecule has 0 radical (unpaired) electrons. The predicted octanol–water partition coefficient (Wildman–Crippen LogP) is 6.57. The number of hydrogen-bond donors (Lipinski definition) is 2. The van der Waals surface area contributed by atoms with Gasteiger partial charge in [0, 0.05) is 16.6 Å². The average Bonchev–Trinajstić information content (AvgIpc) is 2.64. The number of unbranched alkanes of at least 4 members (excludes halogenated alkanes) is 7. The SMILES string of the molecule is CCCCCCCCC/C=C\CC(CC(=O)Nc1ccc(Br)cc1)C(=O)O. The number of carboxylic acids is 1. The molecule has 150 valence electrons. The second kappa shape index (κ2) is 14.4. The summed E-state index contributed by atoms with van der Waals surface area (Å²) in [7, 11) is 0. The van der Waals surface area contributed by atoms with E-state index in [2.05, 4.69) is 34.2 Å². The van der Waals surface area contributed by atoms with Crippen LogP contribution < -0.4 is 5.32 Å². The molecule has 2 N–H and O–H groups in total. The molecular formula is C22H32BrNO3. The van der Waals surface area contributed by atoms with E-state index in [1.165, 1.54) is 38.5 Å². The number of carbonyl (C=O) groups is 2. The topological polar surface area (TPSA) is 66.4 Å². The number of nitrogens with one attached hydrogen (secondary N) is 1. The predicted molar refractivity (Wildman–Crippen MR) is 115 cm³/mol. The Labute approximate surface area is 171 Å². The van der Waals surface area contributed by atoms with Crippen LogP contribution in [0.4, 0.5) is 5.69 Å². The van der Waals surface area contributed by atoms with Gasteiger partial charge in [-0.2, -0.15) is 0 Å². The van der Waals surface area contributed by atoms with Gasteiger partial charge in [-0.1, -0.05) is 73.5 Å². The number of anilines is 1. The first-order valence-electron chi connectivity index (χ1n) is 9.96. The number of carboxylic acid groups (broad SMARTS) is 1. The molecule has 27 heavy (non-hydrogen) atoms. The summed E-state index contributed by atoms with van der Waals surface area (Å²) < 4.78 is 0.926. The van der Waals surface area contributed by atoms with E-state index in [0.717, 1.165) is 17.3 Å². The zero-order chi connectivity index (χ0) is 19.9. The van der Waals surface area contributed by atoms with Gasteiger partial charge in [0.1, 0.15) is 0 Å². The molecule has 0 heterocycles. The lowest BCUT2D eigenvalue weighted by Crippen LogP contribution is -2.21. The number of allylic oxidation sites excluding steroid dienone is 2. The molecule has 0 aromatic heterocycles. The van der Waals surface area contributed by atoms with Gasteiger partial charge >= 0.3 is 5.97 Å². The quantitative estimate of drug-likeness (QED) is 0.255. The van der Waals surface area contributed by atoms with Crippen LogP contribution in [0.2, 0.25) is 0 Å². The lowest BCUT2D eigenvalue weighted by Gasteiger charge is -2.10. The minimum atomic E-state index is -0.929. The van der Waals surface area contributed by atoms with Gasteiger partial charge < -0.3 is 10.4 Å². The second-order valence-corrected chi connectivity index (χ2v) is 7.83. The van der Waals surface area contributed by atoms with E-state index in [9.17, 15) is 14.7 Å². The Morgan fingerprint density at radius 3 is 2.30 bits per heavy atom. The van der Waals surface area contributed by atoms with Crippen LogP contribution in [0.3, 0.4) is 0 Å². The molecular weight excluding hydrogens is 406 g/mol. The highest BCUT2D eigenvalue weighted by Gasteiger charge is 2.20. The summed E-state index contributed by atoms with van der Waals surface area (Å²) in [4.78, 5) is 23.5. The fraction of sp³-hybridized carbons (Fsp3) is 0.545. The summed E-state index contributed by atoms with van der Waals surface area (Å²) in [5, 5.41) is 12.1. The van der Waals surface area contributed by atoms with E-state index in [4.69, 9.17) is 0 Å². The van der Waals surface area contributed by atoms with Gasteiger partial charge in [0.2, 0.25) is 5.91 Å². The molecule has 1 rings (SSSR count). The number of benzene rings is 1. The molecule has 1 amide bonds. The van der Waals surface area contributed by atoms with E-state index in [-0.39, 0.29) is 12.3 Å². The molecule has 0 spiro atoms. The largest absolute Gasteiger partial charge is 0.481 e. The third-order valence-electron chi connectivity index (χ3n) is 4.47. The lowest BCUT2D eigenvalue weighted by molar-refractivity contribution is -0.143. The molecule has 0 bridgehead atoms. The summed E-state index contributed by atoms with van der Waals surface area (Å²) in [5.74, 6) is -1.89. The zero-order valence-corrected chi connectivity index (χ0v) is 17.8. The van der Waals surface area contributed by atoms with Crippen LogP contribution in [0.15, 0.2) is 40.9 Å². The van der Waals surface area contributed by atoms with Gasteiger partial charge in [-0.3, -0.25) is 9.59 Å². The molecule has 0 saturated carbocycles. The van der Waals surface area contributed by atoms with Gasteiger partial charge in [-0.05, 0) is 43.5 Å². The molecule has 1 aromatic rings. The van der Waals surface area contributed by atoms with Crippen molar-refractivity contribution in [1.82, 2.24) is 0 Å². The van der Waals surface area contributed by atoms with E-state index in [0.29, 0.717) is 12.1 Å². The molecule has 4 nitrogen and oxygen atoms in total. The first-order chi connectivity index (χ1) is 13.0. The highest BCUT2D eigenvalue weighted by Crippen LogP contribution is 2.17. The van der Waals surface area contributed by atoms with Crippen LogP contribution in [-0.4, -0.2) is 17.0 Å². The maximum absolute atomic E-state index is 12.1. The minimum Gasteiger partial charge on any atom is -0.481 e. The van der Waals surface area contributed by atoms with Crippen LogP contribution in [0.1, 0.15) is 71.1 Å². The monoisotopic (exact) mass is 437 g/mol. The van der Waals surface area contributed by atoms with E-state index in [1.54, 1.807) is 12.1 Å². The fourth-order valence-electron chi connectivity index (χ4n) is 2.84. The second-order valence-electron chi connectivity index (χ2n) is 6.91. The molecule has 0 fully saturated rings. The van der Waals surface area contributed by atoms with Crippen molar-refractivity contribution in [2.24, 2.45) is 5.92 Å². The fourth-order valence-corrected chi connectivity index (χ4v) is 3.10. The lowest BCUT2D eigenvalue weighted by atomic mass is 10.00. The smallest absolute Gasteiger partial charge is 0.307 e. The number of rotatable bonds is 14. The summed E-state index contributed by atoms with van der Waals surface area (Å²) >= 11 is 3.34. The third kappa shape index (κ3) is 11.6. The Balaban J connectivity index is 2.25. The number of amides is 1. The van der Waals surface area contributed by atoms with Crippen molar-refractivity contribution < 1.29 is 14.7 Å². The van der Waals surface area contributed by atoms with Crippen molar-refractivity contribution >= 4 is 33.5 Å². The maximum Gasteiger partial charge on any atom is 0.307 e. The van der Waals surface area contributed by atoms with Crippen LogP contribution in [0.5, 0.6) is 0 Å². The van der Waals surface area contributed by atoms with Gasteiger partial charge in [-0.25, -0.2) is 0 Å². The summed E-state index contributed by atoms with van der Waals surface area (Å²) in [6, 6.07) is 7.22. The highest BCUT2D eigenvalue weighted by atomic mass is 79.9. The maximum atomic E-state index is 12.1. The number of aliphatic carboxylic acids is 1. The molecule has 0 saturated heterocycles. The summed E-state index contributed by atoms with van der Waals surface area (Å²) in [6.07, 6.45) is 14.2. The van der Waals surface area contributed by atoms with Crippen molar-refractivity contribution in [1.29, 1.82) is 0 Å². The third-order valence-corrected chi connectivity index (χ3v) is 5.00. The molecule has 1 aromatic carbocycles. The number of carbonyl (C=O) groups excluding carboxylic acids is 1. The normalized spacial score (nSPS) is 12.2. The van der Waals surface area contributed by atoms with Crippen molar-refractivity contribution in [2.45, 2.75) is 71.1 Å². The Morgan fingerprint density at radius 1 is 1.04 bits per heavy atom. The van der Waals surface area contributed by atoms with Gasteiger partial charge in [0.15, 0.2) is 0 Å². The Morgan fingerprint density at radius 2 is 1.67 bits per heavy atom. The first kappa shape index (κ1) is 23.4. The Hall–Kier alpha value is -1.62. The minimum absolute atomic E-state index is 0.0207. The molecule has 1 atom stereocenters. The molecule has 1 unspecified atom stereocenters. The van der Waals surface area contributed by atoms with Crippen LogP contribution in [0, 0.1) is 5.92 Å². The average molecular weight is 438 g/mol. The number of hydrogen-bond acceptors (Lipinski definition) is 2. The molecule has 5 heteroatoms. The molecule has 0 aliphatic rings. The number of halogens is 1. The zero-order valence-electron chi connectivity index (χ0n) is 16.3. The highest BCUT2D eigenvalue weighted by molar-refractivity contribution is 9.10. The van der Waals surface area contributed by atoms with E-state index in [1.807, 2.05) is 18.2 Å². The summed E-state index contributed by atoms with van der Waals surface area (Å²) in [6.45, 7) is 2.22. The van der Waals surface area contributed by atoms with Crippen molar-refractivity contribution in [3.8, 4) is 0 Å². The molecule has 0 aliphatic carbocycles. The van der Waals surface area contributed by atoms with Crippen LogP contribution >= 0.6 is 15.9 Å². The van der Waals surface area contributed by atoms with Gasteiger partial charge in [0.05, 0.1) is 5.92 Å². The van der Waals surface area contributed by atoms with Crippen LogP contribution in [0.25, 0.3) is 0 Å². The van der Waals surface area contributed by atoms with Crippen LogP contribution in [-0.2, 0) is 9.59 Å². The van der Waals surface area contributed by atoms with E-state index >= 15 is 0 Å². The van der Waals surface area contributed by atoms with Crippen molar-refractivity contribution in [2.75, 3.05) is 5.32 Å². The van der Waals surface area contributed by atoms with Gasteiger partial charge in [-0.15, -0.1) is 0 Å². The Bertz CT molecular complexity index is 584. The summed E-state index contributed by atoms with van der Waals surface area (Å²) in [5.41, 5.74) is 0.668. The molecule has 0 aliphatic heterocycles. The first-order valence-corrected chi connectivity index (χ1v) is 10.8.